The molecule has 0 atom stereocenters. The zero-order chi connectivity index (χ0) is 14.4. The number of amides is 1. The number of nitrogens with one attached hydrogen (secondary N) is 2. The van der Waals surface area contributed by atoms with E-state index in [1.807, 2.05) is 24.3 Å². The van der Waals surface area contributed by atoms with E-state index in [9.17, 15) is 4.79 Å². The fraction of sp³-hybridized carbons (Fsp3) is 0.214. The second-order valence-corrected chi connectivity index (χ2v) is 4.26. The van der Waals surface area contributed by atoms with E-state index in [1.54, 1.807) is 19.2 Å². The first-order valence-corrected chi connectivity index (χ1v) is 6.30. The number of carbonyl (C=O) groups is 1. The van der Waals surface area contributed by atoms with Crippen molar-refractivity contribution >= 4 is 11.7 Å². The molecule has 0 spiro atoms. The molecule has 0 aliphatic rings. The Morgan fingerprint density at radius 2 is 2.00 bits per heavy atom. The number of anilines is 1. The van der Waals surface area contributed by atoms with Crippen molar-refractivity contribution in [1.82, 2.24) is 15.5 Å². The van der Waals surface area contributed by atoms with E-state index < -0.39 is 0 Å². The molecule has 1 aromatic carbocycles. The van der Waals surface area contributed by atoms with Crippen molar-refractivity contribution in [3.05, 3.63) is 53.2 Å². The van der Waals surface area contributed by atoms with Crippen molar-refractivity contribution in [3.8, 4) is 0 Å². The topological polar surface area (TPSA) is 92.9 Å². The van der Waals surface area contributed by atoms with Gasteiger partial charge < -0.3 is 16.4 Å². The number of carbonyl (C=O) groups excluding carboxylic acids is 1. The van der Waals surface area contributed by atoms with Crippen molar-refractivity contribution in [2.45, 2.75) is 13.1 Å². The zero-order valence-corrected chi connectivity index (χ0v) is 11.3. The van der Waals surface area contributed by atoms with Gasteiger partial charge in [-0.1, -0.05) is 24.3 Å². The van der Waals surface area contributed by atoms with Gasteiger partial charge in [-0.15, -0.1) is 10.2 Å². The van der Waals surface area contributed by atoms with Crippen LogP contribution in [0.1, 0.15) is 21.6 Å². The Kier molecular flexibility index (Phi) is 4.62. The lowest BCUT2D eigenvalue weighted by atomic mass is 10.1. The Labute approximate surface area is 117 Å². The molecule has 0 aliphatic carbocycles. The molecule has 1 aromatic heterocycles. The fourth-order valence-corrected chi connectivity index (χ4v) is 1.73. The van der Waals surface area contributed by atoms with E-state index in [-0.39, 0.29) is 5.91 Å². The van der Waals surface area contributed by atoms with Crippen LogP contribution < -0.4 is 16.4 Å². The lowest BCUT2D eigenvalue weighted by Crippen LogP contribution is -2.19. The molecule has 0 fully saturated rings. The van der Waals surface area contributed by atoms with Crippen LogP contribution in [0.5, 0.6) is 0 Å². The second kappa shape index (κ2) is 6.63. The van der Waals surface area contributed by atoms with Crippen molar-refractivity contribution in [3.63, 3.8) is 0 Å². The van der Waals surface area contributed by atoms with Crippen LogP contribution in [0.3, 0.4) is 0 Å². The molecule has 0 aliphatic heterocycles. The summed E-state index contributed by atoms with van der Waals surface area (Å²) in [4.78, 5) is 11.3. The first-order chi connectivity index (χ1) is 9.72. The van der Waals surface area contributed by atoms with Crippen LogP contribution in [0.4, 0.5) is 5.82 Å². The third-order valence-electron chi connectivity index (χ3n) is 2.82. The minimum absolute atomic E-state index is 0.250. The summed E-state index contributed by atoms with van der Waals surface area (Å²) < 4.78 is 0. The lowest BCUT2D eigenvalue weighted by Gasteiger charge is -2.07. The minimum Gasteiger partial charge on any atom is -0.365 e. The van der Waals surface area contributed by atoms with Crippen molar-refractivity contribution in [1.29, 1.82) is 0 Å². The maximum Gasteiger partial charge on any atom is 0.271 e. The summed E-state index contributed by atoms with van der Waals surface area (Å²) in [6.45, 7) is 1.15. The fourth-order valence-electron chi connectivity index (χ4n) is 1.73. The number of aromatic nitrogens is 2. The third-order valence-corrected chi connectivity index (χ3v) is 2.82. The van der Waals surface area contributed by atoms with E-state index in [0.29, 0.717) is 24.6 Å². The Bertz CT molecular complexity index is 582. The Morgan fingerprint density at radius 1 is 1.20 bits per heavy atom. The summed E-state index contributed by atoms with van der Waals surface area (Å²) in [6, 6.07) is 11.4. The van der Waals surface area contributed by atoms with Gasteiger partial charge in [0.2, 0.25) is 0 Å². The molecule has 104 valence electrons. The molecule has 2 rings (SSSR count). The highest BCUT2D eigenvalue weighted by Crippen LogP contribution is 2.08. The van der Waals surface area contributed by atoms with E-state index in [2.05, 4.69) is 20.8 Å². The zero-order valence-electron chi connectivity index (χ0n) is 11.3. The van der Waals surface area contributed by atoms with Gasteiger partial charge >= 0.3 is 0 Å². The van der Waals surface area contributed by atoms with Gasteiger partial charge in [0.15, 0.2) is 5.69 Å². The van der Waals surface area contributed by atoms with Gasteiger partial charge in [-0.2, -0.15) is 0 Å². The van der Waals surface area contributed by atoms with Crippen LogP contribution in [0.15, 0.2) is 36.4 Å². The van der Waals surface area contributed by atoms with Crippen LogP contribution in [0.25, 0.3) is 0 Å². The number of hydrogen-bond donors (Lipinski definition) is 3. The first kappa shape index (κ1) is 14.0. The molecule has 2 aromatic rings. The molecule has 1 amide bonds. The average molecular weight is 271 g/mol. The highest BCUT2D eigenvalue weighted by atomic mass is 16.1. The number of rotatable bonds is 5. The normalized spacial score (nSPS) is 10.1. The standard InChI is InChI=1S/C14H17N5O/c1-16-14(20)12-5-6-13(19-18-12)17-9-11-4-2-3-10(7-11)8-15/h2-7H,8-9,15H2,1H3,(H,16,20)(H,17,19). The van der Waals surface area contributed by atoms with Crippen molar-refractivity contribution in [2.24, 2.45) is 5.73 Å². The Morgan fingerprint density at radius 3 is 2.65 bits per heavy atom. The molecular formula is C14H17N5O. The first-order valence-electron chi connectivity index (χ1n) is 6.30. The summed E-state index contributed by atoms with van der Waals surface area (Å²) >= 11 is 0. The number of benzene rings is 1. The van der Waals surface area contributed by atoms with Gasteiger partial charge in [0.25, 0.3) is 5.91 Å². The second-order valence-electron chi connectivity index (χ2n) is 4.26. The van der Waals surface area contributed by atoms with Crippen LogP contribution in [-0.2, 0) is 13.1 Å². The quantitative estimate of drug-likeness (QED) is 0.751. The van der Waals surface area contributed by atoms with Gasteiger partial charge in [0.1, 0.15) is 5.82 Å². The van der Waals surface area contributed by atoms with Gasteiger partial charge in [-0.05, 0) is 23.3 Å². The summed E-state index contributed by atoms with van der Waals surface area (Å²) in [7, 11) is 1.56. The van der Waals surface area contributed by atoms with E-state index in [0.717, 1.165) is 11.1 Å². The smallest absolute Gasteiger partial charge is 0.271 e. The highest BCUT2D eigenvalue weighted by Gasteiger charge is 2.05. The molecule has 0 saturated carbocycles. The minimum atomic E-state index is -0.250. The molecule has 4 N–H and O–H groups in total. The molecule has 0 unspecified atom stereocenters. The van der Waals surface area contributed by atoms with E-state index in [4.69, 9.17) is 5.73 Å². The summed E-state index contributed by atoms with van der Waals surface area (Å²) in [5.74, 6) is 0.371. The van der Waals surface area contributed by atoms with Crippen LogP contribution in [0.2, 0.25) is 0 Å². The molecular weight excluding hydrogens is 254 g/mol. The van der Waals surface area contributed by atoms with Crippen molar-refractivity contribution in [2.75, 3.05) is 12.4 Å². The van der Waals surface area contributed by atoms with E-state index >= 15 is 0 Å². The maximum atomic E-state index is 11.3. The summed E-state index contributed by atoms with van der Waals surface area (Å²) in [5.41, 5.74) is 8.10. The maximum absolute atomic E-state index is 11.3. The molecule has 6 nitrogen and oxygen atoms in total. The largest absolute Gasteiger partial charge is 0.365 e. The lowest BCUT2D eigenvalue weighted by molar-refractivity contribution is 0.0957. The number of nitrogens with zero attached hydrogens (tertiary/aromatic N) is 2. The summed E-state index contributed by atoms with van der Waals surface area (Å²) in [5, 5.41) is 13.5. The molecule has 1 heterocycles. The number of hydrogen-bond acceptors (Lipinski definition) is 5. The highest BCUT2D eigenvalue weighted by molar-refractivity contribution is 5.91. The monoisotopic (exact) mass is 271 g/mol. The number of nitrogens with two attached hydrogens (primary N) is 1. The van der Waals surface area contributed by atoms with Crippen LogP contribution in [-0.4, -0.2) is 23.2 Å². The van der Waals surface area contributed by atoms with Crippen LogP contribution >= 0.6 is 0 Å². The van der Waals surface area contributed by atoms with Crippen LogP contribution in [0, 0.1) is 0 Å². The van der Waals surface area contributed by atoms with E-state index in [1.165, 1.54) is 0 Å². The predicted octanol–water partition coefficient (Wildman–Crippen LogP) is 0.907. The SMILES string of the molecule is CNC(=O)c1ccc(NCc2cccc(CN)c2)nn1. The molecule has 20 heavy (non-hydrogen) atoms. The van der Waals surface area contributed by atoms with Gasteiger partial charge in [-0.25, -0.2) is 0 Å². The predicted molar refractivity (Wildman–Crippen MR) is 77.1 cm³/mol. The molecule has 0 bridgehead atoms. The third kappa shape index (κ3) is 3.52. The van der Waals surface area contributed by atoms with Gasteiger partial charge in [0, 0.05) is 20.1 Å². The molecule has 6 heteroatoms. The average Bonchev–Trinajstić information content (AvgIpc) is 2.53. The van der Waals surface area contributed by atoms with Gasteiger partial charge in [0.05, 0.1) is 0 Å². The Hall–Kier alpha value is -2.47. The van der Waals surface area contributed by atoms with Gasteiger partial charge in [-0.3, -0.25) is 4.79 Å². The van der Waals surface area contributed by atoms with Crippen molar-refractivity contribution < 1.29 is 4.79 Å². The molecule has 0 radical (unpaired) electrons. The molecule has 0 saturated heterocycles. The summed E-state index contributed by atoms with van der Waals surface area (Å²) in [6.07, 6.45) is 0. The Balaban J connectivity index is 1.98.